The quantitative estimate of drug-likeness (QED) is 0.0214. The fraction of sp³-hybridized carbons (Fsp3) is 0.686. The zero-order valence-corrected chi connectivity index (χ0v) is 44.9. The third-order valence-electron chi connectivity index (χ3n) is 12.5. The largest absolute Gasteiger partial charge is 0.456 e. The molecule has 10 atom stereocenters. The zero-order valence-electron chi connectivity index (χ0n) is 44.0. The zero-order chi connectivity index (χ0) is 52.2. The van der Waals surface area contributed by atoms with E-state index in [9.17, 15) is 19.6 Å². The standard InChI is InChI=1S/C51H79N10O10P/c1-11-39-36(7)44(70-50(64)38-23-16-15-17-24-38)42(58-37(8)62)51(69-39)66-29-21-18-25-41(63)53-27-19-13-14-20-28-65-45-40(12-2)68-49(46(45)71-72(67-30-22-26-52)61(34(3)4)35(5)6)60-33-56-43-47(57-32-59(9)10)54-31-55-48(43)60/h15-17,23-24,31-36,39-40,42,44-46,49,51H,11-14,18-22,25,27-30H2,1-10H3,(H,53,63)(H,58,62)/t36-,39+,40+,42+,44-,45?,46-,49+,51+,72?/m0/s1. The minimum atomic E-state index is -1.65. The molecule has 2 aliphatic heterocycles. The predicted octanol–water partition coefficient (Wildman–Crippen LogP) is 7.77. The number of aromatic nitrogens is 4. The fourth-order valence-electron chi connectivity index (χ4n) is 8.98. The van der Waals surface area contributed by atoms with Crippen molar-refractivity contribution in [3.05, 3.63) is 48.5 Å². The number of imidazole rings is 1. The van der Waals surface area contributed by atoms with E-state index in [1.54, 1.807) is 36.9 Å². The van der Waals surface area contributed by atoms with Gasteiger partial charge in [-0.05, 0) is 78.4 Å². The number of unbranched alkanes of at least 4 members (excludes halogenated alkanes) is 4. The van der Waals surface area contributed by atoms with Gasteiger partial charge in [0.2, 0.25) is 11.8 Å². The summed E-state index contributed by atoms with van der Waals surface area (Å²) in [5.41, 5.74) is 1.50. The molecule has 0 radical (unpaired) electrons. The summed E-state index contributed by atoms with van der Waals surface area (Å²) in [6.45, 7) is 17.4. The van der Waals surface area contributed by atoms with E-state index in [1.807, 2.05) is 43.5 Å². The summed E-state index contributed by atoms with van der Waals surface area (Å²) < 4.78 is 49.4. The number of benzene rings is 1. The number of hydrogen-bond acceptors (Lipinski definition) is 16. The number of aliphatic imine (C=N–C) groups is 1. The van der Waals surface area contributed by atoms with E-state index in [-0.39, 0.29) is 55.1 Å². The van der Waals surface area contributed by atoms with E-state index in [0.29, 0.717) is 74.4 Å². The van der Waals surface area contributed by atoms with Gasteiger partial charge in [0.1, 0.15) is 30.7 Å². The highest BCUT2D eigenvalue weighted by Gasteiger charge is 2.50. The summed E-state index contributed by atoms with van der Waals surface area (Å²) in [6.07, 6.45) is 7.59. The number of rotatable bonds is 30. The second-order valence-electron chi connectivity index (χ2n) is 19.0. The summed E-state index contributed by atoms with van der Waals surface area (Å²) in [5, 5.41) is 15.3. The molecular weight excluding hydrogens is 944 g/mol. The van der Waals surface area contributed by atoms with Crippen molar-refractivity contribution in [2.75, 3.05) is 40.5 Å². The van der Waals surface area contributed by atoms with Crippen molar-refractivity contribution in [3.8, 4) is 6.07 Å². The van der Waals surface area contributed by atoms with Gasteiger partial charge in [-0.1, -0.05) is 51.8 Å². The molecule has 21 heteroatoms. The Labute approximate surface area is 427 Å². The number of esters is 1. The van der Waals surface area contributed by atoms with Gasteiger partial charge in [-0.15, -0.1) is 0 Å². The summed E-state index contributed by atoms with van der Waals surface area (Å²) in [6, 6.07) is 10.4. The van der Waals surface area contributed by atoms with Crippen LogP contribution in [0.25, 0.3) is 11.2 Å². The Morgan fingerprint density at radius 2 is 1.61 bits per heavy atom. The molecule has 2 aromatic heterocycles. The topological polar surface area (TPSA) is 226 Å². The molecule has 4 heterocycles. The third kappa shape index (κ3) is 16.7. The highest BCUT2D eigenvalue weighted by molar-refractivity contribution is 7.44. The van der Waals surface area contributed by atoms with Crippen molar-refractivity contribution >= 4 is 49.6 Å². The highest BCUT2D eigenvalue weighted by Crippen LogP contribution is 2.51. The molecule has 5 rings (SSSR count). The molecule has 0 saturated carbocycles. The number of nitriles is 1. The van der Waals surface area contributed by atoms with E-state index < -0.39 is 51.4 Å². The molecule has 1 aromatic carbocycles. The number of ether oxygens (including phenoxy) is 5. The monoisotopic (exact) mass is 1020 g/mol. The van der Waals surface area contributed by atoms with Gasteiger partial charge in [0.25, 0.3) is 8.53 Å². The molecule has 398 valence electrons. The maximum absolute atomic E-state index is 13.1. The Morgan fingerprint density at radius 3 is 2.29 bits per heavy atom. The van der Waals surface area contributed by atoms with E-state index in [4.69, 9.17) is 32.7 Å². The van der Waals surface area contributed by atoms with Crippen LogP contribution in [0, 0.1) is 17.2 Å². The minimum absolute atomic E-state index is 0.0247. The van der Waals surface area contributed by atoms with Crippen LogP contribution in [0.1, 0.15) is 136 Å². The number of nitrogens with one attached hydrogen (secondary N) is 2. The summed E-state index contributed by atoms with van der Waals surface area (Å²) >= 11 is 0. The van der Waals surface area contributed by atoms with Crippen LogP contribution in [0.15, 0.2) is 48.0 Å². The first-order valence-electron chi connectivity index (χ1n) is 25.7. The van der Waals surface area contributed by atoms with Gasteiger partial charge in [-0.3, -0.25) is 14.2 Å². The fourth-order valence-corrected chi connectivity index (χ4v) is 10.7. The Kier molecular flexibility index (Phi) is 24.1. The second kappa shape index (κ2) is 29.9. The highest BCUT2D eigenvalue weighted by atomic mass is 31.2. The van der Waals surface area contributed by atoms with E-state index in [2.05, 4.69) is 75.9 Å². The van der Waals surface area contributed by atoms with Crippen LogP contribution in [-0.2, 0) is 42.3 Å². The lowest BCUT2D eigenvalue weighted by Gasteiger charge is -2.45. The SMILES string of the molecule is CC[C@H]1O[C@@H](n2cnc3c(N=CN(C)C)ncnc32)[C@@H](OP(OCCC#N)N(C(C)C)C(C)C)C1OCCCCCCNC(=O)CCCCO[C@@H]1O[C@H](CC)[C@H](C)[C@H](OC(=O)c2ccccc2)[C@H]1NC(C)=O. The molecule has 2 unspecified atom stereocenters. The normalized spacial score (nSPS) is 23.8. The smallest absolute Gasteiger partial charge is 0.338 e. The Morgan fingerprint density at radius 1 is 0.903 bits per heavy atom. The Balaban J connectivity index is 1.10. The van der Waals surface area contributed by atoms with Crippen molar-refractivity contribution < 1.29 is 47.1 Å². The number of fused-ring (bicyclic) bond motifs is 1. The average molecular weight is 1020 g/mol. The molecule has 0 aliphatic carbocycles. The maximum atomic E-state index is 13.1. The molecule has 2 aliphatic rings. The lowest BCUT2D eigenvalue weighted by atomic mass is 9.87. The lowest BCUT2D eigenvalue weighted by Crippen LogP contribution is -2.62. The number of carbonyl (C=O) groups is 3. The summed E-state index contributed by atoms with van der Waals surface area (Å²) in [4.78, 5) is 58.2. The third-order valence-corrected chi connectivity index (χ3v) is 14.6. The molecule has 72 heavy (non-hydrogen) atoms. The maximum Gasteiger partial charge on any atom is 0.338 e. The van der Waals surface area contributed by atoms with Gasteiger partial charge >= 0.3 is 5.97 Å². The van der Waals surface area contributed by atoms with E-state index in [1.165, 1.54) is 13.3 Å². The molecular formula is C51H79N10O10P. The minimum Gasteiger partial charge on any atom is -0.456 e. The van der Waals surface area contributed by atoms with Crippen LogP contribution < -0.4 is 10.6 Å². The van der Waals surface area contributed by atoms with E-state index >= 15 is 0 Å². The summed E-state index contributed by atoms with van der Waals surface area (Å²) in [7, 11) is 2.11. The van der Waals surface area contributed by atoms with E-state index in [0.717, 1.165) is 25.7 Å². The Hall–Kier alpha value is -4.71. The van der Waals surface area contributed by atoms with Crippen LogP contribution >= 0.6 is 8.53 Å². The summed E-state index contributed by atoms with van der Waals surface area (Å²) in [5.74, 6) is -0.544. The van der Waals surface area contributed by atoms with Crippen LogP contribution in [0.2, 0.25) is 0 Å². The molecule has 20 nitrogen and oxygen atoms in total. The van der Waals surface area contributed by atoms with Crippen LogP contribution in [0.3, 0.4) is 0 Å². The molecule has 3 aromatic rings. The molecule has 2 fully saturated rings. The van der Waals surface area contributed by atoms with Gasteiger partial charge in [0.15, 0.2) is 29.5 Å². The molecule has 2 saturated heterocycles. The lowest BCUT2D eigenvalue weighted by molar-refractivity contribution is -0.249. The molecule has 0 bridgehead atoms. The van der Waals surface area contributed by atoms with Crippen molar-refractivity contribution in [1.82, 2.24) is 39.7 Å². The van der Waals surface area contributed by atoms with Crippen LogP contribution in [0.4, 0.5) is 5.82 Å². The van der Waals surface area contributed by atoms with Gasteiger partial charge in [-0.25, -0.2) is 29.4 Å². The average Bonchev–Trinajstić information content (AvgIpc) is 3.94. The molecule has 2 amide bonds. The first kappa shape index (κ1) is 58.2. The van der Waals surface area contributed by atoms with Gasteiger partial charge in [-0.2, -0.15) is 5.26 Å². The molecule has 0 spiro atoms. The van der Waals surface area contributed by atoms with Crippen molar-refractivity contribution in [1.29, 1.82) is 5.26 Å². The number of amides is 2. The number of carbonyl (C=O) groups excluding carboxylic acids is 3. The first-order valence-corrected chi connectivity index (χ1v) is 26.8. The van der Waals surface area contributed by atoms with Crippen molar-refractivity contribution in [3.63, 3.8) is 0 Å². The van der Waals surface area contributed by atoms with Crippen LogP contribution in [-0.4, -0.2) is 149 Å². The van der Waals surface area contributed by atoms with Crippen molar-refractivity contribution in [2.45, 2.75) is 181 Å². The van der Waals surface area contributed by atoms with Gasteiger partial charge in [0.05, 0.1) is 49.5 Å². The van der Waals surface area contributed by atoms with Crippen LogP contribution in [0.5, 0.6) is 0 Å². The number of nitrogens with zero attached hydrogens (tertiary/aromatic N) is 8. The van der Waals surface area contributed by atoms with Gasteiger partial charge in [0, 0.05) is 65.2 Å². The molecule has 2 N–H and O–H groups in total. The second-order valence-corrected chi connectivity index (χ2v) is 20.4. The number of hydrogen-bond donors (Lipinski definition) is 2. The van der Waals surface area contributed by atoms with Crippen molar-refractivity contribution in [2.24, 2.45) is 10.9 Å². The first-order chi connectivity index (χ1) is 34.7. The predicted molar refractivity (Wildman–Crippen MR) is 274 cm³/mol. The van der Waals surface area contributed by atoms with Gasteiger partial charge < -0.3 is 48.3 Å². The Bertz CT molecular complexity index is 2190.